The summed E-state index contributed by atoms with van der Waals surface area (Å²) < 4.78 is 25.9. The Kier molecular flexibility index (Phi) is 13.2. The maximum atomic E-state index is 12.9. The molecule has 4 aliphatic heterocycles. The third-order valence-electron chi connectivity index (χ3n) is 11.6. The van der Waals surface area contributed by atoms with Crippen molar-refractivity contribution >= 4 is 26.2 Å². The predicted octanol–water partition coefficient (Wildman–Crippen LogP) is 6.09. The lowest BCUT2D eigenvalue weighted by Crippen LogP contribution is -2.57. The van der Waals surface area contributed by atoms with Gasteiger partial charge in [-0.05, 0) is 82.0 Å². The maximum Gasteiger partial charge on any atom is 0.407 e. The first-order chi connectivity index (χ1) is 23.3. The lowest BCUT2D eigenvalue weighted by Gasteiger charge is -2.46. The van der Waals surface area contributed by atoms with Crippen LogP contribution >= 0.6 is 0 Å². The maximum absolute atomic E-state index is 12.9. The number of carboxylic acid groups (broad SMARTS) is 1. The van der Waals surface area contributed by atoms with Gasteiger partial charge >= 0.3 is 6.09 Å². The Labute approximate surface area is 300 Å². The molecule has 4 heterocycles. The second-order valence-corrected chi connectivity index (χ2v) is 21.5. The molecular weight excluding hydrogens is 655 g/mol. The minimum Gasteiger partial charge on any atom is -0.465 e. The Balaban J connectivity index is 1.34. The first kappa shape index (κ1) is 40.3. The van der Waals surface area contributed by atoms with E-state index in [0.717, 1.165) is 37.7 Å². The molecule has 0 aromatic heterocycles. The number of rotatable bonds is 12. The molecule has 11 nitrogen and oxygen atoms in total. The molecule has 282 valence electrons. The number of carbonyl (C=O) groups is 3. The SMILES string of the molecule is CC(/C=C/[C@H]1O[C@H](CC(N)=O)C[C@@]2(CO2)[C@@H]1O[Si](C)(C)C(C)(C)C)=C\C[C@@H]1O[C@H](C)[C@H](NC(=O)/C=C/C(C)[C@@H]2CCCCN2C(=O)O)C[C@@H]1C. The molecule has 0 radical (unpaired) electrons. The zero-order valence-corrected chi connectivity index (χ0v) is 32.8. The van der Waals surface area contributed by atoms with Gasteiger partial charge in [0.15, 0.2) is 8.32 Å². The summed E-state index contributed by atoms with van der Waals surface area (Å²) in [6.45, 7) is 20.4. The molecule has 0 saturated carbocycles. The molecule has 50 heavy (non-hydrogen) atoms. The number of primary amides is 1. The Hall–Kier alpha value is -2.51. The minimum atomic E-state index is -2.15. The molecule has 0 bridgehead atoms. The van der Waals surface area contributed by atoms with Gasteiger partial charge in [0.05, 0.1) is 37.4 Å². The number of epoxide rings is 1. The van der Waals surface area contributed by atoms with E-state index in [2.05, 4.69) is 65.2 Å². The third kappa shape index (κ3) is 10.3. The molecule has 1 spiro atoms. The molecule has 12 heteroatoms. The highest BCUT2D eigenvalue weighted by Gasteiger charge is 2.61. The first-order valence-electron chi connectivity index (χ1n) is 18.6. The van der Waals surface area contributed by atoms with Crippen LogP contribution in [0.15, 0.2) is 36.0 Å². The fraction of sp³-hybridized carbons (Fsp3) is 0.763. The molecule has 4 aliphatic rings. The fourth-order valence-electron chi connectivity index (χ4n) is 7.35. The van der Waals surface area contributed by atoms with Gasteiger partial charge in [-0.15, -0.1) is 0 Å². The van der Waals surface area contributed by atoms with Crippen LogP contribution in [-0.2, 0) is 28.2 Å². The molecule has 1 unspecified atom stereocenters. The number of amides is 3. The van der Waals surface area contributed by atoms with Gasteiger partial charge in [0, 0.05) is 19.0 Å². The summed E-state index contributed by atoms with van der Waals surface area (Å²) in [6, 6.07) is -0.223. The van der Waals surface area contributed by atoms with E-state index < -0.39 is 20.0 Å². The number of allylic oxidation sites excluding steroid dienone is 2. The number of nitrogens with zero attached hydrogens (tertiary/aromatic N) is 1. The minimum absolute atomic E-state index is 0.00838. The molecule has 0 aliphatic carbocycles. The molecule has 4 N–H and O–H groups in total. The van der Waals surface area contributed by atoms with Crippen LogP contribution in [0.1, 0.15) is 93.4 Å². The van der Waals surface area contributed by atoms with E-state index in [1.165, 1.54) is 4.90 Å². The van der Waals surface area contributed by atoms with Crippen LogP contribution in [0.4, 0.5) is 4.79 Å². The second kappa shape index (κ2) is 16.4. The van der Waals surface area contributed by atoms with Gasteiger partial charge in [0.2, 0.25) is 11.8 Å². The van der Waals surface area contributed by atoms with Gasteiger partial charge in [-0.2, -0.15) is 0 Å². The van der Waals surface area contributed by atoms with Crippen LogP contribution in [0.2, 0.25) is 18.1 Å². The Morgan fingerprint density at radius 1 is 1.16 bits per heavy atom. The summed E-state index contributed by atoms with van der Waals surface area (Å²) in [7, 11) is -2.15. The van der Waals surface area contributed by atoms with Crippen LogP contribution in [-0.4, -0.2) is 97.6 Å². The van der Waals surface area contributed by atoms with E-state index >= 15 is 0 Å². The van der Waals surface area contributed by atoms with E-state index in [-0.39, 0.29) is 77.7 Å². The van der Waals surface area contributed by atoms with Crippen molar-refractivity contribution in [2.24, 2.45) is 17.6 Å². The van der Waals surface area contributed by atoms with Crippen molar-refractivity contribution in [1.29, 1.82) is 0 Å². The van der Waals surface area contributed by atoms with E-state index in [4.69, 9.17) is 24.4 Å². The highest BCUT2D eigenvalue weighted by Crippen LogP contribution is 2.48. The first-order valence-corrected chi connectivity index (χ1v) is 21.5. The molecule has 4 fully saturated rings. The van der Waals surface area contributed by atoms with Gasteiger partial charge < -0.3 is 39.7 Å². The van der Waals surface area contributed by atoms with Crippen molar-refractivity contribution in [2.75, 3.05) is 13.2 Å². The van der Waals surface area contributed by atoms with Crippen LogP contribution in [0.5, 0.6) is 0 Å². The van der Waals surface area contributed by atoms with E-state index in [1.807, 2.05) is 26.0 Å². The average Bonchev–Trinajstić information content (AvgIpc) is 3.79. The second-order valence-electron chi connectivity index (χ2n) is 16.8. The van der Waals surface area contributed by atoms with E-state index in [9.17, 15) is 19.5 Å². The Morgan fingerprint density at radius 3 is 2.48 bits per heavy atom. The summed E-state index contributed by atoms with van der Waals surface area (Å²) >= 11 is 0. The van der Waals surface area contributed by atoms with Crippen molar-refractivity contribution in [3.8, 4) is 0 Å². The largest absolute Gasteiger partial charge is 0.465 e. The number of hydrogen-bond donors (Lipinski definition) is 3. The van der Waals surface area contributed by atoms with E-state index in [0.29, 0.717) is 19.6 Å². The monoisotopic (exact) mass is 717 g/mol. The molecular formula is C38H63N3O8Si. The molecule has 10 atom stereocenters. The van der Waals surface area contributed by atoms with Crippen LogP contribution in [0, 0.1) is 11.8 Å². The number of ether oxygens (including phenoxy) is 3. The molecule has 4 rings (SSSR count). The number of hydrogen-bond acceptors (Lipinski definition) is 7. The molecule has 4 saturated heterocycles. The smallest absolute Gasteiger partial charge is 0.407 e. The topological polar surface area (TPSA) is 153 Å². The van der Waals surface area contributed by atoms with Crippen LogP contribution < -0.4 is 11.1 Å². The van der Waals surface area contributed by atoms with Crippen molar-refractivity contribution in [2.45, 2.75) is 160 Å². The number of likely N-dealkylation sites (tertiary alicyclic amines) is 1. The summed E-state index contributed by atoms with van der Waals surface area (Å²) in [5.74, 6) is -0.395. The molecule has 0 aromatic rings. The number of nitrogens with two attached hydrogens (primary N) is 1. The summed E-state index contributed by atoms with van der Waals surface area (Å²) in [6.07, 6.45) is 12.6. The van der Waals surface area contributed by atoms with Crippen molar-refractivity contribution in [3.63, 3.8) is 0 Å². The zero-order chi connectivity index (χ0) is 37.0. The highest BCUT2D eigenvalue weighted by molar-refractivity contribution is 6.74. The lowest BCUT2D eigenvalue weighted by molar-refractivity contribution is -0.140. The fourth-order valence-corrected chi connectivity index (χ4v) is 8.68. The average molecular weight is 718 g/mol. The summed E-state index contributed by atoms with van der Waals surface area (Å²) in [5, 5.41) is 12.7. The zero-order valence-electron chi connectivity index (χ0n) is 31.8. The van der Waals surface area contributed by atoms with Crippen LogP contribution in [0.25, 0.3) is 0 Å². The summed E-state index contributed by atoms with van der Waals surface area (Å²) in [4.78, 5) is 37.9. The summed E-state index contributed by atoms with van der Waals surface area (Å²) in [5.41, 5.74) is 6.16. The number of carbonyl (C=O) groups excluding carboxylic acids is 2. The van der Waals surface area contributed by atoms with Gasteiger partial charge in [-0.1, -0.05) is 64.5 Å². The van der Waals surface area contributed by atoms with E-state index in [1.54, 1.807) is 6.08 Å². The third-order valence-corrected chi connectivity index (χ3v) is 16.1. The quantitative estimate of drug-likeness (QED) is 0.0949. The number of piperidine rings is 1. The lowest BCUT2D eigenvalue weighted by atomic mass is 9.87. The van der Waals surface area contributed by atoms with Crippen molar-refractivity contribution in [1.82, 2.24) is 10.2 Å². The van der Waals surface area contributed by atoms with Crippen LogP contribution in [0.3, 0.4) is 0 Å². The predicted molar refractivity (Wildman–Crippen MR) is 196 cm³/mol. The standard InChI is InChI=1S/C38H63N3O8Si/c1-24(14-17-32-35(49-50(8,9)37(5,6)7)38(23-46-38)22-28(48-32)21-33(39)42)13-16-31-26(3)20-29(27(4)47-31)40-34(43)18-15-25(2)30-12-10-11-19-41(30)36(44)45/h13-15,17-18,25-32,35H,10-12,16,19-23H2,1-9H3,(H2,39,42)(H,40,43)(H,44,45)/b17-14+,18-15+,24-13+/t25?,26-,27+,28+,29+,30-,31-,32+,35+,38+/m0/s1. The molecule has 0 aromatic carbocycles. The number of nitrogens with one attached hydrogen (secondary N) is 1. The molecule has 3 amide bonds. The Morgan fingerprint density at radius 2 is 1.86 bits per heavy atom. The van der Waals surface area contributed by atoms with Crippen molar-refractivity contribution < 1.29 is 38.1 Å². The van der Waals surface area contributed by atoms with Gasteiger partial charge in [0.1, 0.15) is 17.8 Å². The van der Waals surface area contributed by atoms with Gasteiger partial charge in [-0.3, -0.25) is 9.59 Å². The Bertz CT molecular complexity index is 1300. The highest BCUT2D eigenvalue weighted by atomic mass is 28.4. The normalized spacial score (nSPS) is 34.7. The van der Waals surface area contributed by atoms with Gasteiger partial charge in [-0.25, -0.2) is 4.79 Å². The van der Waals surface area contributed by atoms with Crippen molar-refractivity contribution in [3.05, 3.63) is 36.0 Å². The van der Waals surface area contributed by atoms with Gasteiger partial charge in [0.25, 0.3) is 0 Å².